The molecule has 0 saturated carbocycles. The molecule has 1 heterocycles. The van der Waals surface area contributed by atoms with Crippen LogP contribution in [0.5, 0.6) is 0 Å². The highest BCUT2D eigenvalue weighted by Crippen LogP contribution is 2.25. The highest BCUT2D eigenvalue weighted by Gasteiger charge is 2.42. The van der Waals surface area contributed by atoms with E-state index in [0.717, 1.165) is 0 Å². The summed E-state index contributed by atoms with van der Waals surface area (Å²) < 4.78 is 4.83. The molecule has 1 aliphatic rings. The second kappa shape index (κ2) is 4.72. The van der Waals surface area contributed by atoms with Crippen LogP contribution in [-0.4, -0.2) is 47.2 Å². The fraction of sp³-hybridized carbons (Fsp3) is 0.800. The summed E-state index contributed by atoms with van der Waals surface area (Å²) in [5.74, 6) is -0.715. The number of rotatable bonds is 4. The molecule has 2 amide bonds. The van der Waals surface area contributed by atoms with E-state index in [1.54, 1.807) is 0 Å². The van der Waals surface area contributed by atoms with Crippen LogP contribution in [0.1, 0.15) is 26.7 Å². The van der Waals surface area contributed by atoms with Gasteiger partial charge >= 0.3 is 0 Å². The lowest BCUT2D eigenvalue weighted by Crippen LogP contribution is -2.60. The Labute approximate surface area is 89.0 Å². The summed E-state index contributed by atoms with van der Waals surface area (Å²) in [4.78, 5) is 24.4. The van der Waals surface area contributed by atoms with E-state index in [9.17, 15) is 14.7 Å². The summed E-state index contributed by atoms with van der Waals surface area (Å²) >= 11 is 0. The van der Waals surface area contributed by atoms with Gasteiger partial charge in [-0.2, -0.15) is 0 Å². The van der Waals surface area contributed by atoms with Gasteiger partial charge in [0.15, 0.2) is 0 Å². The Morgan fingerprint density at radius 1 is 1.27 bits per heavy atom. The smallest absolute Gasteiger partial charge is 0.255 e. The van der Waals surface area contributed by atoms with E-state index in [1.165, 1.54) is 4.90 Å². The number of carbonyl (C=O) groups is 2. The fourth-order valence-electron chi connectivity index (χ4n) is 1.88. The topological polar surface area (TPSA) is 66.8 Å². The lowest BCUT2D eigenvalue weighted by atomic mass is 9.91. The molecular weight excluding hydrogens is 198 g/mol. The monoisotopic (exact) mass is 215 g/mol. The van der Waals surface area contributed by atoms with Crippen molar-refractivity contribution in [2.75, 3.05) is 19.8 Å². The van der Waals surface area contributed by atoms with Crippen LogP contribution in [0.4, 0.5) is 0 Å². The van der Waals surface area contributed by atoms with Crippen molar-refractivity contribution in [3.8, 4) is 0 Å². The van der Waals surface area contributed by atoms with Crippen LogP contribution in [0, 0.1) is 0 Å². The molecule has 1 saturated heterocycles. The predicted octanol–water partition coefficient (Wildman–Crippen LogP) is -0.0771. The van der Waals surface area contributed by atoms with Crippen LogP contribution in [0.15, 0.2) is 0 Å². The third-order valence-corrected chi connectivity index (χ3v) is 3.03. The summed E-state index contributed by atoms with van der Waals surface area (Å²) in [7, 11) is 0. The molecule has 0 unspecified atom stereocenters. The number of hydrogen-bond acceptors (Lipinski definition) is 4. The lowest BCUT2D eigenvalue weighted by molar-refractivity contribution is -0.169. The molecule has 0 spiro atoms. The first-order chi connectivity index (χ1) is 7.11. The molecule has 0 aromatic rings. The standard InChI is InChI=1S/C10H17NO4/c1-3-10(4-2,7-12)11-8(13)5-15-6-9(11)14/h12H,3-7H2,1-2H3. The Bertz CT molecular complexity index is 236. The van der Waals surface area contributed by atoms with Crippen molar-refractivity contribution in [1.82, 2.24) is 4.90 Å². The third kappa shape index (κ3) is 2.03. The Morgan fingerprint density at radius 2 is 1.73 bits per heavy atom. The van der Waals surface area contributed by atoms with Crippen molar-refractivity contribution in [3.63, 3.8) is 0 Å². The molecule has 0 radical (unpaired) electrons. The molecule has 0 aliphatic carbocycles. The number of aliphatic hydroxyl groups is 1. The van der Waals surface area contributed by atoms with Crippen LogP contribution < -0.4 is 0 Å². The molecule has 1 rings (SSSR count). The number of hydrogen-bond donors (Lipinski definition) is 1. The van der Waals surface area contributed by atoms with E-state index < -0.39 is 5.54 Å². The Balaban J connectivity index is 2.98. The zero-order chi connectivity index (χ0) is 11.5. The summed E-state index contributed by atoms with van der Waals surface area (Å²) in [5.41, 5.74) is -0.752. The van der Waals surface area contributed by atoms with Gasteiger partial charge in [-0.05, 0) is 12.8 Å². The first-order valence-corrected chi connectivity index (χ1v) is 5.15. The minimum Gasteiger partial charge on any atom is -0.394 e. The van der Waals surface area contributed by atoms with E-state index >= 15 is 0 Å². The Kier molecular flexibility index (Phi) is 3.82. The van der Waals surface area contributed by atoms with Gasteiger partial charge in [-0.3, -0.25) is 14.5 Å². The Morgan fingerprint density at radius 3 is 2.07 bits per heavy atom. The van der Waals surface area contributed by atoms with Crippen molar-refractivity contribution >= 4 is 11.8 Å². The molecule has 5 heteroatoms. The average Bonchev–Trinajstić information content (AvgIpc) is 2.24. The molecule has 0 atom stereocenters. The largest absolute Gasteiger partial charge is 0.394 e. The fourth-order valence-corrected chi connectivity index (χ4v) is 1.88. The molecule has 5 nitrogen and oxygen atoms in total. The number of morpholine rings is 1. The van der Waals surface area contributed by atoms with Crippen molar-refractivity contribution < 1.29 is 19.4 Å². The molecule has 1 aliphatic heterocycles. The van der Waals surface area contributed by atoms with E-state index in [-0.39, 0.29) is 31.6 Å². The maximum Gasteiger partial charge on any atom is 0.255 e. The molecular formula is C10H17NO4. The molecule has 15 heavy (non-hydrogen) atoms. The minimum absolute atomic E-state index is 0.0759. The van der Waals surface area contributed by atoms with Crippen LogP contribution in [0.3, 0.4) is 0 Å². The second-order valence-corrected chi connectivity index (χ2v) is 3.71. The van der Waals surface area contributed by atoms with Gasteiger partial charge < -0.3 is 9.84 Å². The number of nitrogens with zero attached hydrogens (tertiary/aromatic N) is 1. The predicted molar refractivity (Wildman–Crippen MR) is 53.1 cm³/mol. The van der Waals surface area contributed by atoms with Gasteiger partial charge in [-0.25, -0.2) is 0 Å². The summed E-state index contributed by atoms with van der Waals surface area (Å²) in [6, 6.07) is 0. The number of amides is 2. The van der Waals surface area contributed by atoms with Crippen molar-refractivity contribution in [1.29, 1.82) is 0 Å². The van der Waals surface area contributed by atoms with Gasteiger partial charge in [0.05, 0.1) is 12.1 Å². The van der Waals surface area contributed by atoms with Crippen LogP contribution in [-0.2, 0) is 14.3 Å². The highest BCUT2D eigenvalue weighted by molar-refractivity contribution is 5.99. The summed E-state index contributed by atoms with van der Waals surface area (Å²) in [6.07, 6.45) is 1.11. The molecule has 1 fully saturated rings. The number of ether oxygens (including phenoxy) is 1. The van der Waals surface area contributed by atoms with Gasteiger partial charge in [-0.1, -0.05) is 13.8 Å². The summed E-state index contributed by atoms with van der Waals surface area (Å²) in [6.45, 7) is 3.37. The maximum atomic E-state index is 11.6. The van der Waals surface area contributed by atoms with E-state index in [2.05, 4.69) is 0 Å². The third-order valence-electron chi connectivity index (χ3n) is 3.03. The zero-order valence-corrected chi connectivity index (χ0v) is 9.15. The van der Waals surface area contributed by atoms with Gasteiger partial charge in [0.1, 0.15) is 13.2 Å². The number of carbonyl (C=O) groups excluding carboxylic acids is 2. The first kappa shape index (κ1) is 12.1. The number of aliphatic hydroxyl groups excluding tert-OH is 1. The maximum absolute atomic E-state index is 11.6. The van der Waals surface area contributed by atoms with Crippen molar-refractivity contribution in [3.05, 3.63) is 0 Å². The lowest BCUT2D eigenvalue weighted by Gasteiger charge is -2.41. The van der Waals surface area contributed by atoms with Crippen LogP contribution >= 0.6 is 0 Å². The van der Waals surface area contributed by atoms with Crippen molar-refractivity contribution in [2.24, 2.45) is 0 Å². The highest BCUT2D eigenvalue weighted by atomic mass is 16.5. The van der Waals surface area contributed by atoms with Gasteiger partial charge in [0.25, 0.3) is 11.8 Å². The van der Waals surface area contributed by atoms with Crippen LogP contribution in [0.25, 0.3) is 0 Å². The summed E-state index contributed by atoms with van der Waals surface area (Å²) in [5, 5.41) is 9.38. The second-order valence-electron chi connectivity index (χ2n) is 3.71. The first-order valence-electron chi connectivity index (χ1n) is 5.15. The van der Waals surface area contributed by atoms with Crippen LogP contribution in [0.2, 0.25) is 0 Å². The molecule has 1 N–H and O–H groups in total. The molecule has 0 aromatic heterocycles. The van der Waals surface area contributed by atoms with Gasteiger partial charge in [0, 0.05) is 0 Å². The minimum atomic E-state index is -0.752. The quantitative estimate of drug-likeness (QED) is 0.666. The SMILES string of the molecule is CCC(CC)(CO)N1C(=O)COCC1=O. The zero-order valence-electron chi connectivity index (χ0n) is 9.15. The molecule has 86 valence electrons. The number of imide groups is 1. The van der Waals surface area contributed by atoms with Gasteiger partial charge in [0.2, 0.25) is 0 Å². The van der Waals surface area contributed by atoms with E-state index in [0.29, 0.717) is 12.8 Å². The molecule has 0 aromatic carbocycles. The van der Waals surface area contributed by atoms with Crippen molar-refractivity contribution in [2.45, 2.75) is 32.2 Å². The van der Waals surface area contributed by atoms with E-state index in [4.69, 9.17) is 4.74 Å². The van der Waals surface area contributed by atoms with E-state index in [1.807, 2.05) is 13.8 Å². The van der Waals surface area contributed by atoms with Gasteiger partial charge in [-0.15, -0.1) is 0 Å². The average molecular weight is 215 g/mol. The molecule has 0 bridgehead atoms. The normalized spacial score (nSPS) is 18.5. The Hall–Kier alpha value is -0.940.